The van der Waals surface area contributed by atoms with Crippen LogP contribution in [-0.2, 0) is 23.0 Å². The molecule has 0 fully saturated rings. The van der Waals surface area contributed by atoms with E-state index in [2.05, 4.69) is 10.4 Å². The van der Waals surface area contributed by atoms with Crippen molar-refractivity contribution in [2.24, 2.45) is 0 Å². The normalized spacial score (nSPS) is 13.4. The van der Waals surface area contributed by atoms with Gasteiger partial charge < -0.3 is 0 Å². The summed E-state index contributed by atoms with van der Waals surface area (Å²) in [6.07, 6.45) is 1.51. The predicted octanol–water partition coefficient (Wildman–Crippen LogP) is 1.76. The highest BCUT2D eigenvalue weighted by Crippen LogP contribution is 2.21. The lowest BCUT2D eigenvalue weighted by Gasteiger charge is -2.10. The van der Waals surface area contributed by atoms with Gasteiger partial charge in [0.15, 0.2) is 0 Å². The summed E-state index contributed by atoms with van der Waals surface area (Å²) in [5.74, 6) is -0.785. The smallest absolute Gasteiger partial charge is 0.266 e. The van der Waals surface area contributed by atoms with Crippen molar-refractivity contribution in [2.45, 2.75) is 24.3 Å². The van der Waals surface area contributed by atoms with E-state index in [-0.39, 0.29) is 21.0 Å². The molecule has 4 rings (SSSR count). The minimum absolute atomic E-state index is 0.111. The Balaban J connectivity index is 1.58. The molecule has 2 N–H and O–H groups in total. The van der Waals surface area contributed by atoms with E-state index >= 15 is 0 Å². The summed E-state index contributed by atoms with van der Waals surface area (Å²) in [5.41, 5.74) is 2.38. The van der Waals surface area contributed by atoms with Crippen molar-refractivity contribution in [3.05, 3.63) is 69.0 Å². The van der Waals surface area contributed by atoms with E-state index < -0.39 is 21.7 Å². The van der Waals surface area contributed by atoms with Crippen LogP contribution in [-0.4, -0.2) is 23.9 Å². The number of aromatic nitrogens is 2. The molecule has 8 nitrogen and oxygen atoms in total. The Labute approximate surface area is 169 Å². The van der Waals surface area contributed by atoms with Crippen LogP contribution < -0.4 is 15.8 Å². The number of hydrogen-bond donors (Lipinski definition) is 2. The first-order chi connectivity index (χ1) is 13.8. The number of hydrazine groups is 1. The maximum Gasteiger partial charge on any atom is 0.266 e. The average Bonchev–Trinajstić information content (AvgIpc) is 3.14. The quantitative estimate of drug-likeness (QED) is 0.605. The summed E-state index contributed by atoms with van der Waals surface area (Å²) >= 11 is 5.76. The first-order valence-corrected chi connectivity index (χ1v) is 10.4. The van der Waals surface area contributed by atoms with Gasteiger partial charge in [0.2, 0.25) is 0 Å². The molecule has 0 saturated heterocycles. The number of benzene rings is 2. The first kappa shape index (κ1) is 19.5. The number of nitrogens with one attached hydrogen (secondary N) is 2. The van der Waals surface area contributed by atoms with E-state index in [9.17, 15) is 22.4 Å². The van der Waals surface area contributed by atoms with Crippen molar-refractivity contribution in [2.75, 3.05) is 0 Å². The SMILES string of the molecule is O=C(NNS(=O)(=O)c1ccc(F)cc1Cl)c1ccc2c(=O)n3c(nc2c1)CCC3. The van der Waals surface area contributed by atoms with Gasteiger partial charge in [-0.2, -0.15) is 0 Å². The zero-order valence-electron chi connectivity index (χ0n) is 14.8. The van der Waals surface area contributed by atoms with Gasteiger partial charge in [-0.15, -0.1) is 4.83 Å². The minimum Gasteiger partial charge on any atom is -0.296 e. The molecule has 0 aliphatic carbocycles. The molecule has 2 aromatic carbocycles. The number of sulfonamides is 1. The third kappa shape index (κ3) is 3.61. The Bertz CT molecular complexity index is 1320. The molecular weight excluding hydrogens is 423 g/mol. The molecule has 0 bridgehead atoms. The van der Waals surface area contributed by atoms with Gasteiger partial charge in [0.25, 0.3) is 21.5 Å². The molecule has 0 spiro atoms. The second kappa shape index (κ2) is 7.21. The number of aryl methyl sites for hydroxylation is 1. The molecule has 1 amide bonds. The van der Waals surface area contributed by atoms with Crippen LogP contribution in [0.1, 0.15) is 22.6 Å². The zero-order valence-corrected chi connectivity index (χ0v) is 16.3. The largest absolute Gasteiger partial charge is 0.296 e. The molecular formula is C18H14ClFN4O4S. The maximum absolute atomic E-state index is 13.1. The van der Waals surface area contributed by atoms with Gasteiger partial charge in [-0.1, -0.05) is 11.6 Å². The van der Waals surface area contributed by atoms with Crippen molar-refractivity contribution in [1.82, 2.24) is 19.8 Å². The molecule has 3 aromatic rings. The number of fused-ring (bicyclic) bond motifs is 2. The number of amides is 1. The second-order valence-electron chi connectivity index (χ2n) is 6.45. The molecule has 0 saturated carbocycles. The Morgan fingerprint density at radius 3 is 2.76 bits per heavy atom. The number of hydrogen-bond acceptors (Lipinski definition) is 5. The molecule has 2 heterocycles. The van der Waals surface area contributed by atoms with E-state index in [1.54, 1.807) is 4.57 Å². The summed E-state index contributed by atoms with van der Waals surface area (Å²) in [4.78, 5) is 30.8. The monoisotopic (exact) mass is 436 g/mol. The number of carbonyl (C=O) groups is 1. The fourth-order valence-corrected chi connectivity index (χ4v) is 4.53. The molecule has 0 unspecified atom stereocenters. The third-order valence-corrected chi connectivity index (χ3v) is 6.29. The molecule has 1 aliphatic heterocycles. The van der Waals surface area contributed by atoms with Crippen molar-refractivity contribution in [3.8, 4) is 0 Å². The second-order valence-corrected chi connectivity index (χ2v) is 8.51. The number of rotatable bonds is 4. The van der Waals surface area contributed by atoms with E-state index in [1.807, 2.05) is 4.83 Å². The van der Waals surface area contributed by atoms with E-state index in [1.165, 1.54) is 18.2 Å². The van der Waals surface area contributed by atoms with E-state index in [0.717, 1.165) is 24.6 Å². The Morgan fingerprint density at radius 1 is 1.21 bits per heavy atom. The van der Waals surface area contributed by atoms with Gasteiger partial charge in [0.1, 0.15) is 16.5 Å². The first-order valence-electron chi connectivity index (χ1n) is 8.57. The van der Waals surface area contributed by atoms with Crippen molar-refractivity contribution in [1.29, 1.82) is 0 Å². The van der Waals surface area contributed by atoms with Crippen LogP contribution in [0.2, 0.25) is 5.02 Å². The van der Waals surface area contributed by atoms with Crippen molar-refractivity contribution in [3.63, 3.8) is 0 Å². The molecule has 11 heteroatoms. The Hall–Kier alpha value is -2.82. The summed E-state index contributed by atoms with van der Waals surface area (Å²) in [6.45, 7) is 0.618. The standard InChI is InChI=1S/C18H14ClFN4O4S/c19-13-9-11(20)4-6-15(13)29(27,28)23-22-17(25)10-3-5-12-14(8-10)21-16-2-1-7-24(16)18(12)26/h3-6,8-9,23H,1-2,7H2,(H,22,25). The van der Waals surface area contributed by atoms with Crippen molar-refractivity contribution < 1.29 is 17.6 Å². The van der Waals surface area contributed by atoms with Gasteiger partial charge in [-0.3, -0.25) is 19.6 Å². The number of nitrogens with zero attached hydrogens (tertiary/aromatic N) is 2. The Kier molecular flexibility index (Phi) is 4.85. The van der Waals surface area contributed by atoms with E-state index in [4.69, 9.17) is 11.6 Å². The van der Waals surface area contributed by atoms with Crippen LogP contribution in [0.25, 0.3) is 10.9 Å². The fourth-order valence-electron chi connectivity index (χ4n) is 3.16. The summed E-state index contributed by atoms with van der Waals surface area (Å²) in [5, 5.41) is 0.0573. The lowest BCUT2D eigenvalue weighted by molar-refractivity contribution is 0.0945. The highest BCUT2D eigenvalue weighted by Gasteiger charge is 2.21. The molecule has 29 heavy (non-hydrogen) atoms. The van der Waals surface area contributed by atoms with Crippen LogP contribution >= 0.6 is 11.6 Å². The van der Waals surface area contributed by atoms with Gasteiger partial charge in [0.05, 0.1) is 15.9 Å². The highest BCUT2D eigenvalue weighted by molar-refractivity contribution is 7.89. The maximum atomic E-state index is 13.1. The lowest BCUT2D eigenvalue weighted by atomic mass is 10.1. The summed E-state index contributed by atoms with van der Waals surface area (Å²) in [6, 6.07) is 7.08. The molecule has 0 atom stereocenters. The number of halogens is 2. The van der Waals surface area contributed by atoms with Crippen molar-refractivity contribution >= 4 is 38.4 Å². The van der Waals surface area contributed by atoms with Crippen LogP contribution in [0.5, 0.6) is 0 Å². The van der Waals surface area contributed by atoms with Crippen LogP contribution in [0.15, 0.2) is 46.1 Å². The van der Waals surface area contributed by atoms with Crippen LogP contribution in [0, 0.1) is 5.82 Å². The topological polar surface area (TPSA) is 110 Å². The molecule has 1 aliphatic rings. The molecule has 1 aromatic heterocycles. The van der Waals surface area contributed by atoms with Gasteiger partial charge in [0, 0.05) is 18.5 Å². The Morgan fingerprint density at radius 2 is 2.00 bits per heavy atom. The summed E-state index contributed by atoms with van der Waals surface area (Å²) in [7, 11) is -4.22. The van der Waals surface area contributed by atoms with Gasteiger partial charge in [-0.05, 0) is 42.8 Å². The van der Waals surface area contributed by atoms with Crippen LogP contribution in [0.4, 0.5) is 4.39 Å². The zero-order chi connectivity index (χ0) is 20.8. The lowest BCUT2D eigenvalue weighted by Crippen LogP contribution is -2.41. The highest BCUT2D eigenvalue weighted by atomic mass is 35.5. The van der Waals surface area contributed by atoms with Crippen LogP contribution in [0.3, 0.4) is 0 Å². The van der Waals surface area contributed by atoms with Gasteiger partial charge >= 0.3 is 0 Å². The minimum atomic E-state index is -4.22. The predicted molar refractivity (Wildman–Crippen MR) is 104 cm³/mol. The number of carbonyl (C=O) groups excluding carboxylic acids is 1. The van der Waals surface area contributed by atoms with Gasteiger partial charge in [-0.25, -0.2) is 17.8 Å². The molecule has 0 radical (unpaired) electrons. The average molecular weight is 437 g/mol. The molecule has 150 valence electrons. The van der Waals surface area contributed by atoms with E-state index in [0.29, 0.717) is 29.7 Å². The fraction of sp³-hybridized carbons (Fsp3) is 0.167. The summed E-state index contributed by atoms with van der Waals surface area (Å²) < 4.78 is 39.3. The third-order valence-electron chi connectivity index (χ3n) is 4.56.